The van der Waals surface area contributed by atoms with Gasteiger partial charge in [0.15, 0.2) is 6.73 Å². The van der Waals surface area contributed by atoms with Gasteiger partial charge in [0, 0.05) is 11.6 Å². The molecule has 0 fully saturated rings. The number of phenolic OH excluding ortho intramolecular Hbond substituents is 1. The molecule has 0 aliphatic carbocycles. The summed E-state index contributed by atoms with van der Waals surface area (Å²) in [7, 11) is 0. The molecule has 0 bridgehead atoms. The largest absolute Gasteiger partial charge is 0.508 e. The molecule has 0 unspecified atom stereocenters. The van der Waals surface area contributed by atoms with Gasteiger partial charge in [-0.05, 0) is 36.2 Å². The third-order valence-electron chi connectivity index (χ3n) is 3.67. The van der Waals surface area contributed by atoms with Gasteiger partial charge in [0.1, 0.15) is 11.5 Å². The van der Waals surface area contributed by atoms with Crippen LogP contribution in [0.25, 0.3) is 5.57 Å². The summed E-state index contributed by atoms with van der Waals surface area (Å²) in [5, 5.41) is 10.1. The van der Waals surface area contributed by atoms with Crippen LogP contribution in [0.3, 0.4) is 0 Å². The number of ether oxygens (including phenoxy) is 1. The van der Waals surface area contributed by atoms with Crippen LogP contribution in [0.5, 0.6) is 5.75 Å². The smallest absolute Gasteiger partial charge is 0.260 e. The minimum Gasteiger partial charge on any atom is -0.508 e. The Morgan fingerprint density at radius 2 is 1.96 bits per heavy atom. The van der Waals surface area contributed by atoms with E-state index in [1.807, 2.05) is 30.3 Å². The number of nitrogens with zero attached hydrogens (tertiary/aromatic N) is 1. The molecule has 4 nitrogen and oxygen atoms in total. The van der Waals surface area contributed by atoms with Gasteiger partial charge in [-0.3, -0.25) is 4.79 Å². The molecule has 0 saturated heterocycles. The first-order chi connectivity index (χ1) is 11.0. The van der Waals surface area contributed by atoms with Crippen LogP contribution >= 0.6 is 11.6 Å². The lowest BCUT2D eigenvalue weighted by molar-refractivity contribution is -0.132. The highest BCUT2D eigenvalue weighted by atomic mass is 35.5. The lowest BCUT2D eigenvalue weighted by Crippen LogP contribution is -2.37. The van der Waals surface area contributed by atoms with E-state index in [0.717, 1.165) is 11.1 Å². The third kappa shape index (κ3) is 3.32. The second-order valence-electron chi connectivity index (χ2n) is 5.39. The Bertz CT molecular complexity index is 751. The number of carbonyl (C=O) groups is 1. The summed E-state index contributed by atoms with van der Waals surface area (Å²) < 4.78 is 5.65. The van der Waals surface area contributed by atoms with E-state index in [2.05, 4.69) is 0 Å². The molecule has 1 aliphatic rings. The fourth-order valence-electron chi connectivity index (χ4n) is 2.61. The Balaban J connectivity index is 1.87. The summed E-state index contributed by atoms with van der Waals surface area (Å²) in [6.45, 7) is 2.29. The molecule has 1 aliphatic heterocycles. The molecule has 0 spiro atoms. The van der Waals surface area contributed by atoms with Crippen LogP contribution in [0.1, 0.15) is 18.1 Å². The van der Waals surface area contributed by atoms with E-state index in [9.17, 15) is 9.90 Å². The number of hydrogen-bond donors (Lipinski definition) is 1. The summed E-state index contributed by atoms with van der Waals surface area (Å²) in [6.07, 6.45) is 0. The van der Waals surface area contributed by atoms with E-state index in [1.54, 1.807) is 24.0 Å². The van der Waals surface area contributed by atoms with E-state index in [4.69, 9.17) is 16.3 Å². The van der Waals surface area contributed by atoms with Crippen molar-refractivity contribution in [1.82, 2.24) is 4.90 Å². The fourth-order valence-corrected chi connectivity index (χ4v) is 2.86. The van der Waals surface area contributed by atoms with Crippen molar-refractivity contribution in [3.8, 4) is 5.75 Å². The standard InChI is InChI=1S/C18H16ClNO3/c1-12-17(14-5-3-2-4-6-14)18(22)20(11-23-12)10-13-7-15(19)9-16(21)8-13/h2-9,21H,10-11H2,1H3. The number of phenols is 1. The fraction of sp³-hybridized carbons (Fsp3) is 0.167. The Hall–Kier alpha value is -2.46. The summed E-state index contributed by atoms with van der Waals surface area (Å²) >= 11 is 5.95. The zero-order chi connectivity index (χ0) is 16.4. The first kappa shape index (κ1) is 15.4. The van der Waals surface area contributed by atoms with Crippen LogP contribution in [0, 0.1) is 0 Å². The predicted octanol–water partition coefficient (Wildman–Crippen LogP) is 3.79. The molecule has 2 aromatic rings. The van der Waals surface area contributed by atoms with E-state index >= 15 is 0 Å². The van der Waals surface area contributed by atoms with E-state index in [-0.39, 0.29) is 18.4 Å². The SMILES string of the molecule is CC1=C(c2ccccc2)C(=O)N(Cc2cc(O)cc(Cl)c2)CO1. The molecule has 2 aromatic carbocycles. The highest BCUT2D eigenvalue weighted by Crippen LogP contribution is 2.28. The molecule has 0 aromatic heterocycles. The summed E-state index contributed by atoms with van der Waals surface area (Å²) in [5.74, 6) is 0.596. The van der Waals surface area contributed by atoms with Gasteiger partial charge in [-0.2, -0.15) is 0 Å². The van der Waals surface area contributed by atoms with Crippen molar-refractivity contribution in [1.29, 1.82) is 0 Å². The number of rotatable bonds is 3. The normalized spacial score (nSPS) is 14.9. The zero-order valence-electron chi connectivity index (χ0n) is 12.6. The van der Waals surface area contributed by atoms with Gasteiger partial charge in [-0.25, -0.2) is 0 Å². The number of allylic oxidation sites excluding steroid dienone is 1. The van der Waals surface area contributed by atoms with Gasteiger partial charge in [-0.1, -0.05) is 41.9 Å². The van der Waals surface area contributed by atoms with Crippen LogP contribution in [-0.4, -0.2) is 22.6 Å². The topological polar surface area (TPSA) is 49.8 Å². The molecular weight excluding hydrogens is 314 g/mol. The number of halogens is 1. The second kappa shape index (κ2) is 6.34. The Morgan fingerprint density at radius 1 is 1.22 bits per heavy atom. The van der Waals surface area contributed by atoms with Crippen molar-refractivity contribution >= 4 is 23.1 Å². The van der Waals surface area contributed by atoms with Gasteiger partial charge in [0.25, 0.3) is 5.91 Å². The van der Waals surface area contributed by atoms with Crippen LogP contribution in [0.2, 0.25) is 5.02 Å². The third-order valence-corrected chi connectivity index (χ3v) is 3.89. The minimum atomic E-state index is -0.0978. The molecule has 3 rings (SSSR count). The molecule has 0 atom stereocenters. The number of aromatic hydroxyl groups is 1. The van der Waals surface area contributed by atoms with Crippen molar-refractivity contribution in [2.45, 2.75) is 13.5 Å². The average molecular weight is 330 g/mol. The van der Waals surface area contributed by atoms with Gasteiger partial charge in [0.05, 0.1) is 5.57 Å². The summed E-state index contributed by atoms with van der Waals surface area (Å²) in [5.41, 5.74) is 2.13. The molecule has 1 N–H and O–H groups in total. The maximum absolute atomic E-state index is 12.8. The van der Waals surface area contributed by atoms with E-state index in [1.165, 1.54) is 6.07 Å². The number of carbonyl (C=O) groups excluding carboxylic acids is 1. The van der Waals surface area contributed by atoms with Crippen molar-refractivity contribution in [3.63, 3.8) is 0 Å². The monoisotopic (exact) mass is 329 g/mol. The Kier molecular flexibility index (Phi) is 4.26. The van der Waals surface area contributed by atoms with Crippen LogP contribution in [0.4, 0.5) is 0 Å². The molecule has 0 radical (unpaired) electrons. The molecule has 118 valence electrons. The maximum Gasteiger partial charge on any atom is 0.260 e. The number of benzene rings is 2. The molecule has 1 heterocycles. The quantitative estimate of drug-likeness (QED) is 0.932. The highest BCUT2D eigenvalue weighted by Gasteiger charge is 2.27. The van der Waals surface area contributed by atoms with Gasteiger partial charge < -0.3 is 14.7 Å². The first-order valence-corrected chi connectivity index (χ1v) is 7.59. The van der Waals surface area contributed by atoms with Crippen molar-refractivity contribution in [3.05, 3.63) is 70.4 Å². The molecule has 23 heavy (non-hydrogen) atoms. The first-order valence-electron chi connectivity index (χ1n) is 7.21. The van der Waals surface area contributed by atoms with Gasteiger partial charge >= 0.3 is 0 Å². The molecular formula is C18H16ClNO3. The maximum atomic E-state index is 12.8. The highest BCUT2D eigenvalue weighted by molar-refractivity contribution is 6.30. The second-order valence-corrected chi connectivity index (χ2v) is 5.83. The zero-order valence-corrected chi connectivity index (χ0v) is 13.4. The Labute approximate surface area is 139 Å². The average Bonchev–Trinajstić information content (AvgIpc) is 2.50. The van der Waals surface area contributed by atoms with Gasteiger partial charge in [-0.15, -0.1) is 0 Å². The van der Waals surface area contributed by atoms with E-state index < -0.39 is 0 Å². The predicted molar refractivity (Wildman–Crippen MR) is 88.7 cm³/mol. The molecule has 1 amide bonds. The number of amides is 1. The molecule has 0 saturated carbocycles. The summed E-state index contributed by atoms with van der Waals surface area (Å²) in [4.78, 5) is 14.4. The summed E-state index contributed by atoms with van der Waals surface area (Å²) in [6, 6.07) is 14.2. The Morgan fingerprint density at radius 3 is 2.65 bits per heavy atom. The van der Waals surface area contributed by atoms with Crippen molar-refractivity contribution in [2.75, 3.05) is 6.73 Å². The van der Waals surface area contributed by atoms with Crippen LogP contribution < -0.4 is 0 Å². The van der Waals surface area contributed by atoms with Crippen LogP contribution in [-0.2, 0) is 16.1 Å². The van der Waals surface area contributed by atoms with Crippen LogP contribution in [0.15, 0.2) is 54.3 Å². The molecule has 5 heteroatoms. The van der Waals surface area contributed by atoms with E-state index in [0.29, 0.717) is 22.9 Å². The number of hydrogen-bond acceptors (Lipinski definition) is 3. The minimum absolute atomic E-state index is 0.0767. The van der Waals surface area contributed by atoms with Gasteiger partial charge in [0.2, 0.25) is 0 Å². The van der Waals surface area contributed by atoms with Crippen molar-refractivity contribution in [2.24, 2.45) is 0 Å². The lowest BCUT2D eigenvalue weighted by Gasteiger charge is -2.30. The van der Waals surface area contributed by atoms with Crippen molar-refractivity contribution < 1.29 is 14.6 Å². The lowest BCUT2D eigenvalue weighted by atomic mass is 10.0.